The third-order valence-corrected chi connectivity index (χ3v) is 3.99. The number of hydrogen-bond acceptors (Lipinski definition) is 5. The van der Waals surface area contributed by atoms with E-state index in [-0.39, 0.29) is 24.9 Å². The minimum absolute atomic E-state index is 0.0941. The highest BCUT2D eigenvalue weighted by atomic mass is 16.6. The summed E-state index contributed by atoms with van der Waals surface area (Å²) in [5.41, 5.74) is 1.98. The number of carbonyl (C=O) groups is 2. The predicted molar refractivity (Wildman–Crippen MR) is 99.4 cm³/mol. The number of ether oxygens (including phenoxy) is 3. The van der Waals surface area contributed by atoms with E-state index < -0.39 is 5.60 Å². The molecule has 0 aliphatic rings. The van der Waals surface area contributed by atoms with Gasteiger partial charge in [-0.3, -0.25) is 9.59 Å². The summed E-state index contributed by atoms with van der Waals surface area (Å²) >= 11 is 0. The lowest BCUT2D eigenvalue weighted by Crippen LogP contribution is -2.25. The Hall–Kier alpha value is -2.50. The molecule has 0 N–H and O–H groups in total. The van der Waals surface area contributed by atoms with Crippen molar-refractivity contribution in [1.29, 1.82) is 0 Å². The summed E-state index contributed by atoms with van der Waals surface area (Å²) in [5, 5.41) is 0.872. The van der Waals surface area contributed by atoms with Crippen molar-refractivity contribution in [3.8, 4) is 5.75 Å². The van der Waals surface area contributed by atoms with Crippen LogP contribution >= 0.6 is 0 Å². The number of hydrogen-bond donors (Lipinski definition) is 0. The molecule has 1 aromatic carbocycles. The summed E-state index contributed by atoms with van der Waals surface area (Å²) in [5.74, 6) is 0.0713. The first kappa shape index (κ1) is 19.8. The number of rotatable bonds is 6. The molecule has 6 heteroatoms. The maximum absolute atomic E-state index is 12.4. The molecule has 2 rings (SSSR count). The first-order valence-corrected chi connectivity index (χ1v) is 8.69. The first-order chi connectivity index (χ1) is 12.2. The average molecular weight is 361 g/mol. The number of carbonyl (C=O) groups excluding carboxylic acids is 2. The molecule has 0 bridgehead atoms. The van der Waals surface area contributed by atoms with Gasteiger partial charge >= 0.3 is 11.9 Å². The van der Waals surface area contributed by atoms with E-state index in [1.54, 1.807) is 14.0 Å². The van der Waals surface area contributed by atoms with Crippen LogP contribution in [0.1, 0.15) is 39.0 Å². The van der Waals surface area contributed by atoms with Gasteiger partial charge in [-0.25, -0.2) is 0 Å². The van der Waals surface area contributed by atoms with Gasteiger partial charge in [0.1, 0.15) is 17.9 Å². The van der Waals surface area contributed by atoms with Crippen LogP contribution in [-0.2, 0) is 32.0 Å². The van der Waals surface area contributed by atoms with Gasteiger partial charge in [0.2, 0.25) is 0 Å². The van der Waals surface area contributed by atoms with E-state index in [0.717, 1.165) is 22.2 Å². The first-order valence-electron chi connectivity index (χ1n) is 8.69. The molecule has 1 heterocycles. The summed E-state index contributed by atoms with van der Waals surface area (Å²) in [6.45, 7) is 9.61. The van der Waals surface area contributed by atoms with Gasteiger partial charge in [0.05, 0.1) is 20.1 Å². The third kappa shape index (κ3) is 4.56. The average Bonchev–Trinajstić information content (AvgIpc) is 2.78. The van der Waals surface area contributed by atoms with E-state index in [4.69, 9.17) is 14.2 Å². The monoisotopic (exact) mass is 361 g/mol. The van der Waals surface area contributed by atoms with Gasteiger partial charge in [0.25, 0.3) is 0 Å². The maximum atomic E-state index is 12.4. The topological polar surface area (TPSA) is 66.8 Å². The smallest absolute Gasteiger partial charge is 0.325 e. The highest BCUT2D eigenvalue weighted by molar-refractivity contribution is 5.91. The fourth-order valence-electron chi connectivity index (χ4n) is 2.94. The van der Waals surface area contributed by atoms with E-state index in [0.29, 0.717) is 12.4 Å². The second-order valence-corrected chi connectivity index (χ2v) is 7.10. The molecule has 0 radical (unpaired) electrons. The molecular formula is C20H27NO5. The SMILES string of the molecule is CCOC(=O)Cn1c(C)c(CC(=O)OC(C)(C)C)c2cc(OC)ccc21. The van der Waals surface area contributed by atoms with Gasteiger partial charge < -0.3 is 18.8 Å². The number of benzene rings is 1. The Kier molecular flexibility index (Phi) is 5.95. The summed E-state index contributed by atoms with van der Waals surface area (Å²) in [6, 6.07) is 5.60. The fourth-order valence-corrected chi connectivity index (χ4v) is 2.94. The van der Waals surface area contributed by atoms with Crippen LogP contribution < -0.4 is 4.74 Å². The van der Waals surface area contributed by atoms with E-state index in [2.05, 4.69) is 0 Å². The van der Waals surface area contributed by atoms with Crippen LogP contribution in [0, 0.1) is 6.92 Å². The Bertz CT molecular complexity index is 814. The van der Waals surface area contributed by atoms with Crippen molar-refractivity contribution < 1.29 is 23.8 Å². The Labute approximate surface area is 154 Å². The van der Waals surface area contributed by atoms with Crippen LogP contribution in [0.2, 0.25) is 0 Å². The summed E-state index contributed by atoms with van der Waals surface area (Å²) in [7, 11) is 1.59. The molecule has 6 nitrogen and oxygen atoms in total. The highest BCUT2D eigenvalue weighted by Crippen LogP contribution is 2.30. The zero-order chi connectivity index (χ0) is 19.5. The molecule has 0 aliphatic heterocycles. The molecule has 0 amide bonds. The Morgan fingerprint density at radius 1 is 1.15 bits per heavy atom. The van der Waals surface area contributed by atoms with Crippen LogP contribution in [-0.4, -0.2) is 35.8 Å². The van der Waals surface area contributed by atoms with Gasteiger partial charge in [-0.15, -0.1) is 0 Å². The van der Waals surface area contributed by atoms with Crippen LogP contribution in [0.4, 0.5) is 0 Å². The van der Waals surface area contributed by atoms with Gasteiger partial charge in [-0.2, -0.15) is 0 Å². The van der Waals surface area contributed by atoms with Crippen molar-refractivity contribution in [1.82, 2.24) is 4.57 Å². The van der Waals surface area contributed by atoms with Gasteiger partial charge in [-0.1, -0.05) is 0 Å². The van der Waals surface area contributed by atoms with Crippen molar-refractivity contribution in [2.45, 2.75) is 53.2 Å². The lowest BCUT2D eigenvalue weighted by Gasteiger charge is -2.19. The zero-order valence-corrected chi connectivity index (χ0v) is 16.3. The normalized spacial score (nSPS) is 11.5. The van der Waals surface area contributed by atoms with Crippen LogP contribution in [0.5, 0.6) is 5.75 Å². The summed E-state index contributed by atoms with van der Waals surface area (Å²) < 4.78 is 17.7. The molecule has 0 aliphatic carbocycles. The Morgan fingerprint density at radius 3 is 2.42 bits per heavy atom. The largest absolute Gasteiger partial charge is 0.497 e. The maximum Gasteiger partial charge on any atom is 0.325 e. The molecule has 0 atom stereocenters. The number of nitrogens with zero attached hydrogens (tertiary/aromatic N) is 1. The quantitative estimate of drug-likeness (QED) is 0.738. The molecule has 142 valence electrons. The van der Waals surface area contributed by atoms with Crippen LogP contribution in [0.25, 0.3) is 10.9 Å². The third-order valence-electron chi connectivity index (χ3n) is 3.99. The van der Waals surface area contributed by atoms with E-state index in [1.807, 2.05) is 50.5 Å². The fraction of sp³-hybridized carbons (Fsp3) is 0.500. The second kappa shape index (κ2) is 7.81. The molecule has 0 spiro atoms. The van der Waals surface area contributed by atoms with Crippen molar-refractivity contribution >= 4 is 22.8 Å². The van der Waals surface area contributed by atoms with E-state index in [1.165, 1.54) is 0 Å². The Morgan fingerprint density at radius 2 is 1.85 bits per heavy atom. The van der Waals surface area contributed by atoms with Crippen molar-refractivity contribution in [3.05, 3.63) is 29.5 Å². The number of methoxy groups -OCH3 is 1. The molecule has 1 aromatic heterocycles. The minimum atomic E-state index is -0.550. The Balaban J connectivity index is 2.48. The summed E-state index contributed by atoms with van der Waals surface area (Å²) in [6.07, 6.45) is 0.128. The molecule has 0 saturated carbocycles. The van der Waals surface area contributed by atoms with Crippen LogP contribution in [0.15, 0.2) is 18.2 Å². The van der Waals surface area contributed by atoms with Gasteiger partial charge in [0, 0.05) is 16.6 Å². The number of aromatic nitrogens is 1. The van der Waals surface area contributed by atoms with E-state index in [9.17, 15) is 9.59 Å². The van der Waals surface area contributed by atoms with Crippen molar-refractivity contribution in [3.63, 3.8) is 0 Å². The lowest BCUT2D eigenvalue weighted by molar-refractivity contribution is -0.153. The van der Waals surface area contributed by atoms with Gasteiger partial charge in [0.15, 0.2) is 0 Å². The van der Waals surface area contributed by atoms with Crippen LogP contribution in [0.3, 0.4) is 0 Å². The standard InChI is InChI=1S/C20H27NO5/c1-7-25-19(23)12-21-13(2)15(11-18(22)26-20(3,4)5)16-10-14(24-6)8-9-17(16)21/h8-10H,7,11-12H2,1-6H3. The number of esters is 2. The molecule has 0 fully saturated rings. The summed E-state index contributed by atoms with van der Waals surface area (Å²) in [4.78, 5) is 24.3. The predicted octanol–water partition coefficient (Wildman–Crippen LogP) is 3.41. The van der Waals surface area contributed by atoms with Crippen molar-refractivity contribution in [2.75, 3.05) is 13.7 Å². The van der Waals surface area contributed by atoms with Gasteiger partial charge in [-0.05, 0) is 58.4 Å². The highest BCUT2D eigenvalue weighted by Gasteiger charge is 2.22. The van der Waals surface area contributed by atoms with E-state index >= 15 is 0 Å². The number of fused-ring (bicyclic) bond motifs is 1. The molecule has 0 saturated heterocycles. The molecular weight excluding hydrogens is 334 g/mol. The second-order valence-electron chi connectivity index (χ2n) is 7.10. The minimum Gasteiger partial charge on any atom is -0.497 e. The van der Waals surface area contributed by atoms with Crippen molar-refractivity contribution in [2.24, 2.45) is 0 Å². The lowest BCUT2D eigenvalue weighted by atomic mass is 10.1. The molecule has 0 unspecified atom stereocenters. The molecule has 26 heavy (non-hydrogen) atoms. The zero-order valence-electron chi connectivity index (χ0n) is 16.3. The molecule has 2 aromatic rings.